The van der Waals surface area contributed by atoms with Crippen LogP contribution in [0.2, 0.25) is 0 Å². The molecule has 25 heavy (non-hydrogen) atoms. The van der Waals surface area contributed by atoms with Crippen LogP contribution in [0, 0.1) is 6.92 Å². The monoisotopic (exact) mass is 338 g/mol. The standard InChI is InChI=1S/C20H22N2O3/c1-14-6-3-4-9-18(14)19(23)21-17-8-5-7-16(12-17)20(24)22-10-11-25-13-15(22)2/h3-9,12,15H,10-11,13H2,1-2H3,(H,21,23). The first-order valence-electron chi connectivity index (χ1n) is 8.42. The van der Waals surface area contributed by atoms with Crippen LogP contribution in [-0.4, -0.2) is 42.5 Å². The fourth-order valence-electron chi connectivity index (χ4n) is 2.95. The van der Waals surface area contributed by atoms with Gasteiger partial charge in [0.15, 0.2) is 0 Å². The highest BCUT2D eigenvalue weighted by Crippen LogP contribution is 2.17. The van der Waals surface area contributed by atoms with Crippen LogP contribution in [-0.2, 0) is 4.74 Å². The van der Waals surface area contributed by atoms with Crippen molar-refractivity contribution in [1.82, 2.24) is 4.90 Å². The molecule has 0 bridgehead atoms. The molecular weight excluding hydrogens is 316 g/mol. The third-order valence-corrected chi connectivity index (χ3v) is 4.39. The lowest BCUT2D eigenvalue weighted by molar-refractivity contribution is 0.00359. The zero-order chi connectivity index (χ0) is 17.8. The van der Waals surface area contributed by atoms with Gasteiger partial charge in [0.1, 0.15) is 0 Å². The molecule has 1 heterocycles. The van der Waals surface area contributed by atoms with Crippen molar-refractivity contribution in [2.75, 3.05) is 25.1 Å². The van der Waals surface area contributed by atoms with E-state index in [1.807, 2.05) is 36.9 Å². The highest BCUT2D eigenvalue weighted by atomic mass is 16.5. The summed E-state index contributed by atoms with van der Waals surface area (Å²) in [6.07, 6.45) is 0. The molecule has 1 atom stereocenters. The fraction of sp³-hybridized carbons (Fsp3) is 0.300. The zero-order valence-corrected chi connectivity index (χ0v) is 14.5. The molecule has 0 aromatic heterocycles. The van der Waals surface area contributed by atoms with Crippen LogP contribution in [0.4, 0.5) is 5.69 Å². The predicted octanol–water partition coefficient (Wildman–Crippen LogP) is 3.11. The Bertz CT molecular complexity index is 788. The Hall–Kier alpha value is -2.66. The normalized spacial score (nSPS) is 17.2. The first-order valence-corrected chi connectivity index (χ1v) is 8.42. The maximum atomic E-state index is 12.7. The van der Waals surface area contributed by atoms with Gasteiger partial charge in [0, 0.05) is 23.4 Å². The second-order valence-electron chi connectivity index (χ2n) is 6.27. The van der Waals surface area contributed by atoms with E-state index in [-0.39, 0.29) is 17.9 Å². The van der Waals surface area contributed by atoms with Crippen molar-refractivity contribution in [3.8, 4) is 0 Å². The minimum absolute atomic E-state index is 0.0391. The van der Waals surface area contributed by atoms with Gasteiger partial charge in [-0.05, 0) is 43.7 Å². The van der Waals surface area contributed by atoms with Gasteiger partial charge in [0.25, 0.3) is 11.8 Å². The third-order valence-electron chi connectivity index (χ3n) is 4.39. The summed E-state index contributed by atoms with van der Waals surface area (Å²) in [5.41, 5.74) is 2.71. The summed E-state index contributed by atoms with van der Waals surface area (Å²) < 4.78 is 5.38. The molecule has 1 unspecified atom stereocenters. The SMILES string of the molecule is Cc1ccccc1C(=O)Nc1cccc(C(=O)N2CCOCC2C)c1. The van der Waals surface area contributed by atoms with Gasteiger partial charge in [0.05, 0.1) is 19.3 Å². The van der Waals surface area contributed by atoms with Gasteiger partial charge in [-0.2, -0.15) is 0 Å². The molecule has 0 aliphatic carbocycles. The van der Waals surface area contributed by atoms with Gasteiger partial charge in [0.2, 0.25) is 0 Å². The van der Waals surface area contributed by atoms with Gasteiger partial charge in [-0.25, -0.2) is 0 Å². The van der Waals surface area contributed by atoms with Crippen LogP contribution in [0.5, 0.6) is 0 Å². The number of hydrogen-bond donors (Lipinski definition) is 1. The van der Waals surface area contributed by atoms with E-state index in [4.69, 9.17) is 4.74 Å². The number of carbonyl (C=O) groups excluding carboxylic acids is 2. The van der Waals surface area contributed by atoms with E-state index in [0.717, 1.165) is 5.56 Å². The molecule has 5 heteroatoms. The number of amides is 2. The zero-order valence-electron chi connectivity index (χ0n) is 14.5. The highest BCUT2D eigenvalue weighted by molar-refractivity contribution is 6.06. The number of rotatable bonds is 3. The molecule has 1 N–H and O–H groups in total. The summed E-state index contributed by atoms with van der Waals surface area (Å²) in [6, 6.07) is 14.5. The maximum Gasteiger partial charge on any atom is 0.255 e. The Balaban J connectivity index is 1.76. The molecule has 2 aromatic rings. The lowest BCUT2D eigenvalue weighted by Gasteiger charge is -2.33. The number of nitrogens with zero attached hydrogens (tertiary/aromatic N) is 1. The number of aryl methyl sites for hydroxylation is 1. The molecule has 0 radical (unpaired) electrons. The molecule has 0 saturated carbocycles. The van der Waals surface area contributed by atoms with E-state index >= 15 is 0 Å². The highest BCUT2D eigenvalue weighted by Gasteiger charge is 2.24. The quantitative estimate of drug-likeness (QED) is 0.935. The second-order valence-corrected chi connectivity index (χ2v) is 6.27. The van der Waals surface area contributed by atoms with E-state index in [1.54, 1.807) is 30.3 Å². The minimum atomic E-state index is -0.178. The van der Waals surface area contributed by atoms with E-state index in [1.165, 1.54) is 0 Å². The molecule has 2 aromatic carbocycles. The number of morpholine rings is 1. The molecule has 1 aliphatic heterocycles. The largest absolute Gasteiger partial charge is 0.377 e. The predicted molar refractivity (Wildman–Crippen MR) is 96.9 cm³/mol. The van der Waals surface area contributed by atoms with Gasteiger partial charge >= 0.3 is 0 Å². The summed E-state index contributed by atoms with van der Waals surface area (Å²) in [4.78, 5) is 27.0. The number of ether oxygens (including phenoxy) is 1. The van der Waals surface area contributed by atoms with E-state index in [9.17, 15) is 9.59 Å². The first-order chi connectivity index (χ1) is 12.1. The molecule has 5 nitrogen and oxygen atoms in total. The number of nitrogens with one attached hydrogen (secondary N) is 1. The summed E-state index contributed by atoms with van der Waals surface area (Å²) >= 11 is 0. The summed E-state index contributed by atoms with van der Waals surface area (Å²) in [5.74, 6) is -0.217. The molecule has 2 amide bonds. The van der Waals surface area contributed by atoms with Crippen LogP contribution < -0.4 is 5.32 Å². The van der Waals surface area contributed by atoms with Gasteiger partial charge in [-0.1, -0.05) is 24.3 Å². The third kappa shape index (κ3) is 3.88. The van der Waals surface area contributed by atoms with Crippen molar-refractivity contribution in [1.29, 1.82) is 0 Å². The lowest BCUT2D eigenvalue weighted by atomic mass is 10.1. The second kappa shape index (κ2) is 7.49. The van der Waals surface area contributed by atoms with Crippen molar-refractivity contribution >= 4 is 17.5 Å². The maximum absolute atomic E-state index is 12.7. The van der Waals surface area contributed by atoms with E-state index in [0.29, 0.717) is 36.6 Å². The molecular formula is C20H22N2O3. The Morgan fingerprint density at radius 3 is 2.72 bits per heavy atom. The Kier molecular flexibility index (Phi) is 5.14. The van der Waals surface area contributed by atoms with Crippen molar-refractivity contribution < 1.29 is 14.3 Å². The van der Waals surface area contributed by atoms with Gasteiger partial charge in [-0.15, -0.1) is 0 Å². The fourth-order valence-corrected chi connectivity index (χ4v) is 2.95. The Morgan fingerprint density at radius 1 is 1.16 bits per heavy atom. The van der Waals surface area contributed by atoms with Crippen LogP contribution in [0.15, 0.2) is 48.5 Å². The molecule has 1 saturated heterocycles. The topological polar surface area (TPSA) is 58.6 Å². The number of hydrogen-bond acceptors (Lipinski definition) is 3. The van der Waals surface area contributed by atoms with Crippen LogP contribution >= 0.6 is 0 Å². The number of anilines is 1. The van der Waals surface area contributed by atoms with E-state index < -0.39 is 0 Å². The van der Waals surface area contributed by atoms with Crippen molar-refractivity contribution in [2.24, 2.45) is 0 Å². The van der Waals surface area contributed by atoms with Crippen LogP contribution in [0.1, 0.15) is 33.2 Å². The molecule has 3 rings (SSSR count). The molecule has 130 valence electrons. The summed E-state index contributed by atoms with van der Waals surface area (Å²) in [6.45, 7) is 5.56. The smallest absolute Gasteiger partial charge is 0.255 e. The first kappa shape index (κ1) is 17.2. The van der Waals surface area contributed by atoms with Gasteiger partial charge in [-0.3, -0.25) is 9.59 Å². The lowest BCUT2D eigenvalue weighted by Crippen LogP contribution is -2.47. The summed E-state index contributed by atoms with van der Waals surface area (Å²) in [5, 5.41) is 2.87. The van der Waals surface area contributed by atoms with Crippen molar-refractivity contribution in [2.45, 2.75) is 19.9 Å². The van der Waals surface area contributed by atoms with Crippen LogP contribution in [0.3, 0.4) is 0 Å². The minimum Gasteiger partial charge on any atom is -0.377 e. The van der Waals surface area contributed by atoms with Gasteiger partial charge < -0.3 is 15.0 Å². The average molecular weight is 338 g/mol. The van der Waals surface area contributed by atoms with Crippen molar-refractivity contribution in [3.05, 3.63) is 65.2 Å². The molecule has 1 fully saturated rings. The molecule has 1 aliphatic rings. The number of benzene rings is 2. The summed E-state index contributed by atoms with van der Waals surface area (Å²) in [7, 11) is 0. The molecule has 0 spiro atoms. The average Bonchev–Trinajstić information content (AvgIpc) is 2.62. The van der Waals surface area contributed by atoms with Crippen LogP contribution in [0.25, 0.3) is 0 Å². The Labute approximate surface area is 147 Å². The van der Waals surface area contributed by atoms with Crippen molar-refractivity contribution in [3.63, 3.8) is 0 Å². The Morgan fingerprint density at radius 2 is 1.96 bits per heavy atom. The van der Waals surface area contributed by atoms with E-state index in [2.05, 4.69) is 5.32 Å². The number of carbonyl (C=O) groups is 2.